The van der Waals surface area contributed by atoms with Crippen molar-refractivity contribution < 1.29 is 0 Å². The van der Waals surface area contributed by atoms with Crippen LogP contribution in [0, 0.1) is 13.8 Å². The molecule has 0 radical (unpaired) electrons. The molecule has 16 heavy (non-hydrogen) atoms. The Morgan fingerprint density at radius 2 is 2.06 bits per heavy atom. The van der Waals surface area contributed by atoms with Gasteiger partial charge in [-0.2, -0.15) is 5.10 Å². The maximum atomic E-state index is 4.44. The summed E-state index contributed by atoms with van der Waals surface area (Å²) in [5, 5.41) is 7.60. The molecule has 0 aliphatic rings. The zero-order valence-corrected chi connectivity index (χ0v) is 9.99. The molecule has 84 valence electrons. The van der Waals surface area contributed by atoms with E-state index in [9.17, 15) is 0 Å². The fourth-order valence-corrected chi connectivity index (χ4v) is 1.77. The van der Waals surface area contributed by atoms with Gasteiger partial charge in [-0.05, 0) is 44.2 Å². The standard InChI is InChI=1S/C13H17N3/c1-10-4-5-12(9-14-3)8-13(10)16-7-6-11(2)15-16/h4-8,14H,9H2,1-3H3. The van der Waals surface area contributed by atoms with Crippen LogP contribution in [0.5, 0.6) is 0 Å². The fourth-order valence-electron chi connectivity index (χ4n) is 1.77. The van der Waals surface area contributed by atoms with Crippen molar-refractivity contribution in [2.24, 2.45) is 0 Å². The Hall–Kier alpha value is -1.61. The van der Waals surface area contributed by atoms with Crippen LogP contribution in [0.1, 0.15) is 16.8 Å². The van der Waals surface area contributed by atoms with Gasteiger partial charge in [-0.1, -0.05) is 12.1 Å². The van der Waals surface area contributed by atoms with Crippen LogP contribution in [-0.2, 0) is 6.54 Å². The largest absolute Gasteiger partial charge is 0.316 e. The van der Waals surface area contributed by atoms with Crippen LogP contribution < -0.4 is 5.32 Å². The van der Waals surface area contributed by atoms with Gasteiger partial charge in [0.25, 0.3) is 0 Å². The highest BCUT2D eigenvalue weighted by atomic mass is 15.3. The van der Waals surface area contributed by atoms with Gasteiger partial charge in [-0.15, -0.1) is 0 Å². The van der Waals surface area contributed by atoms with Crippen molar-refractivity contribution in [2.45, 2.75) is 20.4 Å². The minimum atomic E-state index is 0.882. The molecular formula is C13H17N3. The average molecular weight is 215 g/mol. The first-order chi connectivity index (χ1) is 7.70. The maximum Gasteiger partial charge on any atom is 0.0678 e. The molecule has 0 atom stereocenters. The van der Waals surface area contributed by atoms with Gasteiger partial charge in [-0.3, -0.25) is 0 Å². The summed E-state index contributed by atoms with van der Waals surface area (Å²) in [7, 11) is 1.96. The first-order valence-corrected chi connectivity index (χ1v) is 5.47. The van der Waals surface area contributed by atoms with Crippen molar-refractivity contribution in [1.29, 1.82) is 0 Å². The molecule has 1 aromatic carbocycles. The fraction of sp³-hybridized carbons (Fsp3) is 0.308. The van der Waals surface area contributed by atoms with Crippen LogP contribution in [0.3, 0.4) is 0 Å². The number of rotatable bonds is 3. The van der Waals surface area contributed by atoms with E-state index in [4.69, 9.17) is 0 Å². The third-order valence-corrected chi connectivity index (χ3v) is 2.62. The molecule has 2 aromatic rings. The van der Waals surface area contributed by atoms with E-state index in [1.165, 1.54) is 11.1 Å². The second-order valence-corrected chi connectivity index (χ2v) is 4.05. The number of hydrogen-bond donors (Lipinski definition) is 1. The van der Waals surface area contributed by atoms with E-state index in [-0.39, 0.29) is 0 Å². The molecule has 3 heteroatoms. The van der Waals surface area contributed by atoms with Crippen molar-refractivity contribution in [3.8, 4) is 5.69 Å². The summed E-state index contributed by atoms with van der Waals surface area (Å²) < 4.78 is 1.93. The van der Waals surface area contributed by atoms with E-state index in [0.717, 1.165) is 17.9 Å². The molecule has 0 unspecified atom stereocenters. The average Bonchev–Trinajstić information content (AvgIpc) is 2.68. The van der Waals surface area contributed by atoms with Gasteiger partial charge in [0.2, 0.25) is 0 Å². The Morgan fingerprint density at radius 1 is 1.25 bits per heavy atom. The molecule has 0 amide bonds. The second kappa shape index (κ2) is 4.49. The summed E-state index contributed by atoms with van der Waals surface area (Å²) in [6.45, 7) is 4.99. The van der Waals surface area contributed by atoms with Crippen LogP contribution in [-0.4, -0.2) is 16.8 Å². The molecule has 0 aliphatic carbocycles. The van der Waals surface area contributed by atoms with Crippen LogP contribution >= 0.6 is 0 Å². The van der Waals surface area contributed by atoms with Crippen molar-refractivity contribution in [3.05, 3.63) is 47.3 Å². The summed E-state index contributed by atoms with van der Waals surface area (Å²) in [6, 6.07) is 8.48. The van der Waals surface area contributed by atoms with Crippen LogP contribution in [0.4, 0.5) is 0 Å². The maximum absolute atomic E-state index is 4.44. The second-order valence-electron chi connectivity index (χ2n) is 4.05. The van der Waals surface area contributed by atoms with E-state index in [2.05, 4.69) is 35.5 Å². The molecule has 1 aromatic heterocycles. The number of aryl methyl sites for hydroxylation is 2. The number of nitrogens with one attached hydrogen (secondary N) is 1. The first kappa shape index (κ1) is 10.9. The molecule has 0 bridgehead atoms. The summed E-state index contributed by atoms with van der Waals surface area (Å²) in [5.74, 6) is 0. The van der Waals surface area contributed by atoms with Gasteiger partial charge in [0.1, 0.15) is 0 Å². The molecule has 0 saturated heterocycles. The topological polar surface area (TPSA) is 29.9 Å². The third-order valence-electron chi connectivity index (χ3n) is 2.62. The lowest BCUT2D eigenvalue weighted by Crippen LogP contribution is -2.06. The summed E-state index contributed by atoms with van der Waals surface area (Å²) >= 11 is 0. The van der Waals surface area contributed by atoms with Crippen molar-refractivity contribution in [2.75, 3.05) is 7.05 Å². The highest BCUT2D eigenvalue weighted by Gasteiger charge is 2.03. The number of aromatic nitrogens is 2. The van der Waals surface area contributed by atoms with E-state index in [1.54, 1.807) is 0 Å². The predicted molar refractivity (Wildman–Crippen MR) is 65.8 cm³/mol. The zero-order chi connectivity index (χ0) is 11.5. The highest BCUT2D eigenvalue weighted by molar-refractivity contribution is 5.42. The quantitative estimate of drug-likeness (QED) is 0.850. The number of benzene rings is 1. The van der Waals surface area contributed by atoms with Crippen molar-refractivity contribution in [1.82, 2.24) is 15.1 Å². The summed E-state index contributed by atoms with van der Waals surface area (Å²) in [6.07, 6.45) is 2.00. The van der Waals surface area contributed by atoms with Gasteiger partial charge in [-0.25, -0.2) is 4.68 Å². The minimum absolute atomic E-state index is 0.882. The van der Waals surface area contributed by atoms with Crippen LogP contribution in [0.2, 0.25) is 0 Å². The lowest BCUT2D eigenvalue weighted by atomic mass is 10.1. The molecule has 1 heterocycles. The van der Waals surface area contributed by atoms with Crippen LogP contribution in [0.25, 0.3) is 5.69 Å². The Kier molecular flexibility index (Phi) is 3.06. The van der Waals surface area contributed by atoms with Gasteiger partial charge in [0.15, 0.2) is 0 Å². The van der Waals surface area contributed by atoms with Gasteiger partial charge >= 0.3 is 0 Å². The van der Waals surface area contributed by atoms with Crippen LogP contribution in [0.15, 0.2) is 30.5 Å². The molecule has 3 nitrogen and oxygen atoms in total. The van der Waals surface area contributed by atoms with E-state index < -0.39 is 0 Å². The smallest absolute Gasteiger partial charge is 0.0678 e. The lowest BCUT2D eigenvalue weighted by Gasteiger charge is -2.08. The Balaban J connectivity index is 2.42. The molecule has 0 saturated carbocycles. The molecular weight excluding hydrogens is 198 g/mol. The van der Waals surface area contributed by atoms with E-state index in [1.807, 2.05) is 30.9 Å². The molecule has 0 spiro atoms. The first-order valence-electron chi connectivity index (χ1n) is 5.47. The molecule has 0 fully saturated rings. The highest BCUT2D eigenvalue weighted by Crippen LogP contribution is 2.15. The van der Waals surface area contributed by atoms with E-state index in [0.29, 0.717) is 0 Å². The summed E-state index contributed by atoms with van der Waals surface area (Å²) in [4.78, 5) is 0. The zero-order valence-electron chi connectivity index (χ0n) is 9.99. The number of nitrogens with zero attached hydrogens (tertiary/aromatic N) is 2. The Bertz CT molecular complexity index is 486. The van der Waals surface area contributed by atoms with Gasteiger partial charge in [0, 0.05) is 12.7 Å². The molecule has 2 rings (SSSR count). The van der Waals surface area contributed by atoms with Crippen molar-refractivity contribution in [3.63, 3.8) is 0 Å². The van der Waals surface area contributed by atoms with Gasteiger partial charge in [0.05, 0.1) is 11.4 Å². The minimum Gasteiger partial charge on any atom is -0.316 e. The number of hydrogen-bond acceptors (Lipinski definition) is 2. The molecule has 0 aliphatic heterocycles. The molecule has 1 N–H and O–H groups in total. The summed E-state index contributed by atoms with van der Waals surface area (Å²) in [5.41, 5.74) is 4.71. The Labute approximate surface area is 96.1 Å². The Morgan fingerprint density at radius 3 is 2.69 bits per heavy atom. The normalized spacial score (nSPS) is 10.7. The van der Waals surface area contributed by atoms with E-state index >= 15 is 0 Å². The SMILES string of the molecule is CNCc1ccc(C)c(-n2ccc(C)n2)c1. The lowest BCUT2D eigenvalue weighted by molar-refractivity contribution is 0.807. The predicted octanol–water partition coefficient (Wildman–Crippen LogP) is 2.21. The van der Waals surface area contributed by atoms with Gasteiger partial charge < -0.3 is 5.32 Å². The van der Waals surface area contributed by atoms with Crippen molar-refractivity contribution >= 4 is 0 Å². The third kappa shape index (κ3) is 2.14. The monoisotopic (exact) mass is 215 g/mol.